The van der Waals surface area contributed by atoms with Gasteiger partial charge in [-0.3, -0.25) is 5.41 Å². The number of nitrogen functional groups attached to an aromatic ring is 1. The summed E-state index contributed by atoms with van der Waals surface area (Å²) >= 11 is 9.24. The number of halogens is 3. The predicted molar refractivity (Wildman–Crippen MR) is 76.6 cm³/mol. The molecule has 0 amide bonds. The molecule has 2 rings (SSSR count). The Balaban J connectivity index is 2.33. The number of ether oxygens (including phenoxy) is 1. The Kier molecular flexibility index (Phi) is 4.07. The average molecular weight is 344 g/mol. The maximum Gasteiger partial charge on any atom is 0.165 e. The van der Waals surface area contributed by atoms with Gasteiger partial charge in [-0.2, -0.15) is 0 Å². The van der Waals surface area contributed by atoms with Crippen molar-refractivity contribution in [1.82, 2.24) is 0 Å². The van der Waals surface area contributed by atoms with Crippen molar-refractivity contribution in [2.75, 3.05) is 0 Å². The molecule has 98 valence electrons. The molecule has 0 aliphatic carbocycles. The SMILES string of the molecule is N=C(N)c1ccc(Oc2cc(Br)ccc2F)c(Cl)c1. The molecule has 0 bridgehead atoms. The number of rotatable bonds is 3. The Morgan fingerprint density at radius 2 is 1.95 bits per heavy atom. The summed E-state index contributed by atoms with van der Waals surface area (Å²) in [7, 11) is 0. The monoisotopic (exact) mass is 342 g/mol. The van der Waals surface area contributed by atoms with E-state index in [1.807, 2.05) is 0 Å². The van der Waals surface area contributed by atoms with Gasteiger partial charge in [-0.25, -0.2) is 4.39 Å². The van der Waals surface area contributed by atoms with Gasteiger partial charge in [-0.15, -0.1) is 0 Å². The third-order valence-corrected chi connectivity index (χ3v) is 3.14. The Hall–Kier alpha value is -1.59. The first-order chi connectivity index (χ1) is 8.97. The van der Waals surface area contributed by atoms with Crippen LogP contribution >= 0.6 is 27.5 Å². The van der Waals surface area contributed by atoms with Gasteiger partial charge in [0.25, 0.3) is 0 Å². The van der Waals surface area contributed by atoms with Gasteiger partial charge in [-0.05, 0) is 36.4 Å². The molecule has 0 spiro atoms. The van der Waals surface area contributed by atoms with Crippen molar-refractivity contribution in [2.24, 2.45) is 5.73 Å². The van der Waals surface area contributed by atoms with Crippen molar-refractivity contribution in [1.29, 1.82) is 5.41 Å². The molecule has 6 heteroatoms. The van der Waals surface area contributed by atoms with Crippen molar-refractivity contribution in [3.05, 3.63) is 57.3 Å². The number of benzene rings is 2. The molecule has 0 fully saturated rings. The molecular weight excluding hydrogens is 335 g/mol. The molecule has 3 N–H and O–H groups in total. The molecule has 0 saturated carbocycles. The highest BCUT2D eigenvalue weighted by Gasteiger charge is 2.09. The zero-order valence-electron chi connectivity index (χ0n) is 9.58. The summed E-state index contributed by atoms with van der Waals surface area (Å²) in [5.41, 5.74) is 5.83. The van der Waals surface area contributed by atoms with E-state index in [2.05, 4.69) is 15.9 Å². The van der Waals surface area contributed by atoms with E-state index in [0.717, 1.165) is 0 Å². The minimum absolute atomic E-state index is 0.0619. The van der Waals surface area contributed by atoms with E-state index in [4.69, 9.17) is 27.5 Å². The number of nitrogens with one attached hydrogen (secondary N) is 1. The largest absolute Gasteiger partial charge is 0.453 e. The highest BCUT2D eigenvalue weighted by atomic mass is 79.9. The summed E-state index contributed by atoms with van der Waals surface area (Å²) in [6.07, 6.45) is 0. The third kappa shape index (κ3) is 3.24. The number of hydrogen-bond acceptors (Lipinski definition) is 2. The average Bonchev–Trinajstić information content (AvgIpc) is 2.36. The fraction of sp³-hybridized carbons (Fsp3) is 0. The Morgan fingerprint density at radius 3 is 2.58 bits per heavy atom. The minimum atomic E-state index is -0.491. The fourth-order valence-corrected chi connectivity index (χ4v) is 1.98. The molecule has 0 atom stereocenters. The van der Waals surface area contributed by atoms with Crippen LogP contribution in [0.3, 0.4) is 0 Å². The molecule has 0 aliphatic rings. The van der Waals surface area contributed by atoms with E-state index in [1.54, 1.807) is 18.2 Å². The standard InChI is InChI=1S/C13H9BrClFN2O/c14-8-2-3-10(16)12(6-8)19-11-4-1-7(13(17)18)5-9(11)15/h1-6H,(H3,17,18). The minimum Gasteiger partial charge on any atom is -0.453 e. The topological polar surface area (TPSA) is 59.1 Å². The van der Waals surface area contributed by atoms with Crippen LogP contribution in [-0.2, 0) is 0 Å². The second-order valence-corrected chi connectivity index (χ2v) is 5.06. The van der Waals surface area contributed by atoms with Gasteiger partial charge in [-0.1, -0.05) is 27.5 Å². The van der Waals surface area contributed by atoms with Crippen molar-refractivity contribution in [3.63, 3.8) is 0 Å². The predicted octanol–water partition coefficient (Wildman–Crippen LogP) is 4.32. The summed E-state index contributed by atoms with van der Waals surface area (Å²) in [5.74, 6) is -0.229. The molecule has 0 saturated heterocycles. The smallest absolute Gasteiger partial charge is 0.165 e. The van der Waals surface area contributed by atoms with Crippen LogP contribution < -0.4 is 10.5 Å². The first kappa shape index (κ1) is 13.8. The molecule has 0 unspecified atom stereocenters. The number of hydrogen-bond donors (Lipinski definition) is 2. The van der Waals surface area contributed by atoms with Crippen LogP contribution in [0, 0.1) is 11.2 Å². The molecule has 0 heterocycles. The maximum absolute atomic E-state index is 13.6. The Labute approximate surface area is 122 Å². The van der Waals surface area contributed by atoms with Gasteiger partial charge in [0.15, 0.2) is 11.6 Å². The van der Waals surface area contributed by atoms with Crippen LogP contribution in [0.25, 0.3) is 0 Å². The van der Waals surface area contributed by atoms with E-state index >= 15 is 0 Å². The molecule has 2 aromatic rings. The summed E-state index contributed by atoms with van der Waals surface area (Å²) in [5, 5.41) is 7.55. The summed E-state index contributed by atoms with van der Waals surface area (Å²) in [4.78, 5) is 0. The highest BCUT2D eigenvalue weighted by Crippen LogP contribution is 2.32. The Morgan fingerprint density at radius 1 is 1.21 bits per heavy atom. The number of amidine groups is 1. The molecule has 2 aromatic carbocycles. The second-order valence-electron chi connectivity index (χ2n) is 3.74. The normalized spacial score (nSPS) is 10.3. The molecule has 0 aromatic heterocycles. The fourth-order valence-electron chi connectivity index (χ4n) is 1.43. The molecule has 3 nitrogen and oxygen atoms in total. The summed E-state index contributed by atoms with van der Waals surface area (Å²) in [6, 6.07) is 8.98. The lowest BCUT2D eigenvalue weighted by molar-refractivity contribution is 0.442. The molecule has 0 aliphatic heterocycles. The van der Waals surface area contributed by atoms with Gasteiger partial charge >= 0.3 is 0 Å². The van der Waals surface area contributed by atoms with Crippen LogP contribution in [0.15, 0.2) is 40.9 Å². The van der Waals surface area contributed by atoms with E-state index in [1.165, 1.54) is 18.2 Å². The van der Waals surface area contributed by atoms with Crippen molar-refractivity contribution in [2.45, 2.75) is 0 Å². The number of nitrogens with two attached hydrogens (primary N) is 1. The van der Waals surface area contributed by atoms with Gasteiger partial charge < -0.3 is 10.5 Å². The summed E-state index contributed by atoms with van der Waals surface area (Å²) in [6.45, 7) is 0. The van der Waals surface area contributed by atoms with Crippen LogP contribution in [0.1, 0.15) is 5.56 Å². The van der Waals surface area contributed by atoms with Crippen LogP contribution in [-0.4, -0.2) is 5.84 Å². The van der Waals surface area contributed by atoms with Gasteiger partial charge in [0.05, 0.1) is 5.02 Å². The highest BCUT2D eigenvalue weighted by molar-refractivity contribution is 9.10. The lowest BCUT2D eigenvalue weighted by Gasteiger charge is -2.10. The molecular formula is C13H9BrClFN2O. The maximum atomic E-state index is 13.6. The van der Waals surface area contributed by atoms with Gasteiger partial charge in [0.1, 0.15) is 11.6 Å². The summed E-state index contributed by atoms with van der Waals surface area (Å²) < 4.78 is 19.7. The van der Waals surface area contributed by atoms with Gasteiger partial charge in [0, 0.05) is 10.0 Å². The van der Waals surface area contributed by atoms with E-state index in [0.29, 0.717) is 15.8 Å². The van der Waals surface area contributed by atoms with Crippen molar-refractivity contribution < 1.29 is 9.13 Å². The zero-order chi connectivity index (χ0) is 14.0. The molecule has 19 heavy (non-hydrogen) atoms. The lowest BCUT2D eigenvalue weighted by atomic mass is 10.2. The van der Waals surface area contributed by atoms with E-state index in [9.17, 15) is 4.39 Å². The first-order valence-corrected chi connectivity index (χ1v) is 6.41. The van der Waals surface area contributed by atoms with Crippen LogP contribution in [0.4, 0.5) is 4.39 Å². The second kappa shape index (κ2) is 5.59. The van der Waals surface area contributed by atoms with Crippen molar-refractivity contribution >= 4 is 33.4 Å². The third-order valence-electron chi connectivity index (χ3n) is 2.36. The quantitative estimate of drug-likeness (QED) is 0.644. The Bertz CT molecular complexity index is 649. The molecule has 0 radical (unpaired) electrons. The lowest BCUT2D eigenvalue weighted by Crippen LogP contribution is -2.10. The van der Waals surface area contributed by atoms with E-state index in [-0.39, 0.29) is 16.6 Å². The first-order valence-electron chi connectivity index (χ1n) is 5.24. The zero-order valence-corrected chi connectivity index (χ0v) is 11.9. The van der Waals surface area contributed by atoms with Crippen molar-refractivity contribution in [3.8, 4) is 11.5 Å². The van der Waals surface area contributed by atoms with Crippen LogP contribution in [0.2, 0.25) is 5.02 Å². The van der Waals surface area contributed by atoms with Gasteiger partial charge in [0.2, 0.25) is 0 Å². The van der Waals surface area contributed by atoms with E-state index < -0.39 is 5.82 Å². The van der Waals surface area contributed by atoms with Crippen LogP contribution in [0.5, 0.6) is 11.5 Å².